The van der Waals surface area contributed by atoms with Crippen molar-refractivity contribution < 1.29 is 0 Å². The minimum absolute atomic E-state index is 0.879. The van der Waals surface area contributed by atoms with E-state index in [4.69, 9.17) is 0 Å². The molecule has 0 spiro atoms. The largest absolute Gasteiger partial charge is 0.0883 e. The SMILES string of the molecule is CC1CC=CCC2C(C)CC=CCC12. The first-order valence-corrected chi connectivity index (χ1v) is 6.09. The molecule has 0 aromatic rings. The van der Waals surface area contributed by atoms with Crippen LogP contribution in [0.2, 0.25) is 0 Å². The fourth-order valence-corrected chi connectivity index (χ4v) is 3.14. The van der Waals surface area contributed by atoms with Crippen molar-refractivity contribution in [3.05, 3.63) is 24.3 Å². The van der Waals surface area contributed by atoms with Crippen LogP contribution in [0, 0.1) is 23.7 Å². The Bertz CT molecular complexity index is 210. The molecular weight excluding hydrogens is 168 g/mol. The highest BCUT2D eigenvalue weighted by atomic mass is 14.4. The van der Waals surface area contributed by atoms with E-state index >= 15 is 0 Å². The summed E-state index contributed by atoms with van der Waals surface area (Å²) in [6.07, 6.45) is 14.9. The highest BCUT2D eigenvalue weighted by molar-refractivity contribution is 5.01. The molecule has 2 aliphatic rings. The maximum atomic E-state index is 2.43. The van der Waals surface area contributed by atoms with Crippen molar-refractivity contribution in [1.82, 2.24) is 0 Å². The number of rotatable bonds is 0. The highest BCUT2D eigenvalue weighted by Gasteiger charge is 2.30. The molecule has 14 heavy (non-hydrogen) atoms. The van der Waals surface area contributed by atoms with Gasteiger partial charge >= 0.3 is 0 Å². The topological polar surface area (TPSA) is 0 Å². The van der Waals surface area contributed by atoms with Crippen molar-refractivity contribution in [3.8, 4) is 0 Å². The lowest BCUT2D eigenvalue weighted by molar-refractivity contribution is 0.193. The second kappa shape index (κ2) is 4.33. The van der Waals surface area contributed by atoms with Gasteiger partial charge in [0.05, 0.1) is 0 Å². The Hall–Kier alpha value is -0.520. The van der Waals surface area contributed by atoms with E-state index in [1.54, 1.807) is 0 Å². The van der Waals surface area contributed by atoms with Crippen molar-refractivity contribution >= 4 is 0 Å². The van der Waals surface area contributed by atoms with E-state index in [1.165, 1.54) is 25.7 Å². The van der Waals surface area contributed by atoms with Gasteiger partial charge < -0.3 is 0 Å². The molecule has 0 fully saturated rings. The third kappa shape index (κ3) is 1.94. The molecule has 0 amide bonds. The zero-order chi connectivity index (χ0) is 9.97. The van der Waals surface area contributed by atoms with Gasteiger partial charge in [-0.15, -0.1) is 0 Å². The van der Waals surface area contributed by atoms with Crippen molar-refractivity contribution in [2.24, 2.45) is 23.7 Å². The molecule has 0 saturated carbocycles. The van der Waals surface area contributed by atoms with Crippen LogP contribution in [0.3, 0.4) is 0 Å². The van der Waals surface area contributed by atoms with Crippen molar-refractivity contribution in [3.63, 3.8) is 0 Å². The fourth-order valence-electron chi connectivity index (χ4n) is 3.14. The lowest BCUT2D eigenvalue weighted by atomic mass is 9.74. The summed E-state index contributed by atoms with van der Waals surface area (Å²) in [6, 6.07) is 0. The van der Waals surface area contributed by atoms with Crippen LogP contribution in [0.1, 0.15) is 39.5 Å². The minimum atomic E-state index is 0.879. The second-order valence-corrected chi connectivity index (χ2v) is 5.17. The molecule has 0 bridgehead atoms. The summed E-state index contributed by atoms with van der Waals surface area (Å²) in [7, 11) is 0. The van der Waals surface area contributed by atoms with Gasteiger partial charge in [-0.1, -0.05) is 38.2 Å². The van der Waals surface area contributed by atoms with Crippen LogP contribution in [0.25, 0.3) is 0 Å². The number of hydrogen-bond acceptors (Lipinski definition) is 0. The highest BCUT2D eigenvalue weighted by Crippen LogP contribution is 2.40. The Morgan fingerprint density at radius 1 is 0.643 bits per heavy atom. The third-order valence-corrected chi connectivity index (χ3v) is 4.18. The van der Waals surface area contributed by atoms with Crippen molar-refractivity contribution in [2.75, 3.05) is 0 Å². The van der Waals surface area contributed by atoms with Gasteiger partial charge in [-0.3, -0.25) is 0 Å². The Labute approximate surface area is 88.1 Å². The van der Waals surface area contributed by atoms with E-state index in [9.17, 15) is 0 Å². The summed E-state index contributed by atoms with van der Waals surface area (Å²) >= 11 is 0. The maximum absolute atomic E-state index is 2.43. The molecule has 0 radical (unpaired) electrons. The zero-order valence-electron chi connectivity index (χ0n) is 9.45. The van der Waals surface area contributed by atoms with Crippen LogP contribution in [0.15, 0.2) is 24.3 Å². The summed E-state index contributed by atoms with van der Waals surface area (Å²) < 4.78 is 0. The molecule has 0 heterocycles. The molecule has 78 valence electrons. The summed E-state index contributed by atoms with van der Waals surface area (Å²) in [6.45, 7) is 4.86. The smallest absolute Gasteiger partial charge is 0.0317 e. The van der Waals surface area contributed by atoms with Gasteiger partial charge in [0.1, 0.15) is 0 Å². The van der Waals surface area contributed by atoms with E-state index in [0.717, 1.165) is 23.7 Å². The summed E-state index contributed by atoms with van der Waals surface area (Å²) in [5.74, 6) is 3.62. The molecule has 4 atom stereocenters. The van der Waals surface area contributed by atoms with Crippen LogP contribution in [-0.2, 0) is 0 Å². The normalized spacial score (nSPS) is 42.7. The molecule has 4 unspecified atom stereocenters. The lowest BCUT2D eigenvalue weighted by Gasteiger charge is -2.31. The molecule has 0 nitrogen and oxygen atoms in total. The molecule has 0 aliphatic heterocycles. The molecule has 0 heteroatoms. The molecule has 0 saturated heterocycles. The lowest BCUT2D eigenvalue weighted by Crippen LogP contribution is -2.24. The number of fused-ring (bicyclic) bond motifs is 1. The molecule has 0 aromatic heterocycles. The Morgan fingerprint density at radius 3 is 1.43 bits per heavy atom. The van der Waals surface area contributed by atoms with Crippen LogP contribution in [-0.4, -0.2) is 0 Å². The van der Waals surface area contributed by atoms with Crippen LogP contribution in [0.5, 0.6) is 0 Å². The Morgan fingerprint density at radius 2 is 1.00 bits per heavy atom. The van der Waals surface area contributed by atoms with Crippen LogP contribution in [0.4, 0.5) is 0 Å². The van der Waals surface area contributed by atoms with E-state index in [-0.39, 0.29) is 0 Å². The van der Waals surface area contributed by atoms with Crippen molar-refractivity contribution in [2.45, 2.75) is 39.5 Å². The average molecular weight is 190 g/mol. The van der Waals surface area contributed by atoms with Gasteiger partial charge in [-0.2, -0.15) is 0 Å². The van der Waals surface area contributed by atoms with Gasteiger partial charge in [-0.25, -0.2) is 0 Å². The molecule has 0 aromatic carbocycles. The zero-order valence-corrected chi connectivity index (χ0v) is 9.45. The minimum Gasteiger partial charge on any atom is -0.0883 e. The fraction of sp³-hybridized carbons (Fsp3) is 0.714. The van der Waals surface area contributed by atoms with Crippen molar-refractivity contribution in [1.29, 1.82) is 0 Å². The maximum Gasteiger partial charge on any atom is -0.0317 e. The van der Waals surface area contributed by atoms with Gasteiger partial charge in [0.15, 0.2) is 0 Å². The molecular formula is C14H22. The number of allylic oxidation sites excluding steroid dienone is 4. The second-order valence-electron chi connectivity index (χ2n) is 5.17. The van der Waals surface area contributed by atoms with E-state index in [1.807, 2.05) is 0 Å². The first kappa shape index (κ1) is 10.0. The first-order valence-electron chi connectivity index (χ1n) is 6.09. The van der Waals surface area contributed by atoms with Gasteiger partial charge in [-0.05, 0) is 49.4 Å². The average Bonchev–Trinajstić information content (AvgIpc) is 2.45. The van der Waals surface area contributed by atoms with Crippen LogP contribution >= 0.6 is 0 Å². The standard InChI is InChI=1S/C14H22/c1-11-7-3-5-10-14-12(2)8-4-6-9-13(11)14/h3-6,11-14H,7-10H2,1-2H3. The van der Waals surface area contributed by atoms with E-state index in [0.29, 0.717) is 0 Å². The van der Waals surface area contributed by atoms with Crippen LogP contribution < -0.4 is 0 Å². The van der Waals surface area contributed by atoms with Gasteiger partial charge in [0.25, 0.3) is 0 Å². The number of hydrogen-bond donors (Lipinski definition) is 0. The predicted molar refractivity (Wildman–Crippen MR) is 62.1 cm³/mol. The molecule has 2 aliphatic carbocycles. The summed E-state index contributed by atoms with van der Waals surface area (Å²) in [4.78, 5) is 0. The monoisotopic (exact) mass is 190 g/mol. The van der Waals surface area contributed by atoms with E-state index < -0.39 is 0 Å². The summed E-state index contributed by atoms with van der Waals surface area (Å²) in [5, 5.41) is 0. The quantitative estimate of drug-likeness (QED) is 0.502. The van der Waals surface area contributed by atoms with E-state index in [2.05, 4.69) is 38.2 Å². The predicted octanol–water partition coefficient (Wildman–Crippen LogP) is 4.19. The van der Waals surface area contributed by atoms with Gasteiger partial charge in [0.2, 0.25) is 0 Å². The Kier molecular flexibility index (Phi) is 3.10. The molecule has 0 N–H and O–H groups in total. The Balaban J connectivity index is 2.18. The molecule has 2 rings (SSSR count). The third-order valence-electron chi connectivity index (χ3n) is 4.18. The first-order chi connectivity index (χ1) is 6.79. The van der Waals surface area contributed by atoms with Gasteiger partial charge in [0, 0.05) is 0 Å². The summed E-state index contributed by atoms with van der Waals surface area (Å²) in [5.41, 5.74) is 0.